The summed E-state index contributed by atoms with van der Waals surface area (Å²) in [7, 11) is -1.95. The minimum Gasteiger partial charge on any atom is -0.325 e. The SMILES string of the molecule is Cc1ccc(NC(=O)CN(C)[C@@H](C)c2cccs2)cc1S(N)(=O)=O. The van der Waals surface area contributed by atoms with Gasteiger partial charge in [-0.15, -0.1) is 11.3 Å². The first-order valence-electron chi connectivity index (χ1n) is 7.35. The fourth-order valence-electron chi connectivity index (χ4n) is 2.29. The van der Waals surface area contributed by atoms with E-state index in [4.69, 9.17) is 5.14 Å². The maximum absolute atomic E-state index is 12.2. The highest BCUT2D eigenvalue weighted by Gasteiger charge is 2.17. The number of benzene rings is 1. The number of nitrogens with zero attached hydrogens (tertiary/aromatic N) is 1. The van der Waals surface area contributed by atoms with E-state index in [2.05, 4.69) is 5.32 Å². The van der Waals surface area contributed by atoms with Crippen LogP contribution in [0.3, 0.4) is 0 Å². The molecule has 8 heteroatoms. The molecular formula is C16H21N3O3S2. The largest absolute Gasteiger partial charge is 0.325 e. The van der Waals surface area contributed by atoms with Crippen LogP contribution in [0.1, 0.15) is 23.4 Å². The third-order valence-electron chi connectivity index (χ3n) is 3.79. The van der Waals surface area contributed by atoms with Crippen LogP contribution in [0, 0.1) is 6.92 Å². The molecule has 0 radical (unpaired) electrons. The minimum absolute atomic E-state index is 0.0145. The summed E-state index contributed by atoms with van der Waals surface area (Å²) < 4.78 is 23.1. The summed E-state index contributed by atoms with van der Waals surface area (Å²) in [6.07, 6.45) is 0. The van der Waals surface area contributed by atoms with Crippen LogP contribution in [0.4, 0.5) is 5.69 Å². The standard InChI is InChI=1S/C16H21N3O3S2/c1-11-6-7-13(9-15(11)24(17,21)22)18-16(20)10-19(3)12(2)14-5-4-8-23-14/h4-9,12H,10H2,1-3H3,(H,18,20)(H2,17,21,22)/t12-/m0/s1. The van der Waals surface area contributed by atoms with Gasteiger partial charge in [-0.25, -0.2) is 13.6 Å². The number of nitrogens with two attached hydrogens (primary N) is 1. The number of aryl methyl sites for hydroxylation is 1. The molecule has 3 N–H and O–H groups in total. The lowest BCUT2D eigenvalue weighted by Crippen LogP contribution is -2.32. The van der Waals surface area contributed by atoms with E-state index in [0.29, 0.717) is 11.3 Å². The van der Waals surface area contributed by atoms with Gasteiger partial charge in [-0.2, -0.15) is 0 Å². The third kappa shape index (κ3) is 4.64. The van der Waals surface area contributed by atoms with Gasteiger partial charge in [-0.1, -0.05) is 12.1 Å². The number of rotatable bonds is 6. The molecule has 1 atom stereocenters. The van der Waals surface area contributed by atoms with Gasteiger partial charge in [-0.05, 0) is 50.0 Å². The predicted molar refractivity (Wildman–Crippen MR) is 96.5 cm³/mol. The number of carbonyl (C=O) groups excluding carboxylic acids is 1. The average Bonchev–Trinajstić information content (AvgIpc) is 3.01. The number of amides is 1. The van der Waals surface area contributed by atoms with Crippen LogP contribution in [-0.2, 0) is 14.8 Å². The molecule has 1 aromatic carbocycles. The first kappa shape index (κ1) is 18.6. The fourth-order valence-corrected chi connectivity index (χ4v) is 3.95. The second-order valence-electron chi connectivity index (χ2n) is 5.68. The summed E-state index contributed by atoms with van der Waals surface area (Å²) in [6.45, 7) is 3.88. The predicted octanol–water partition coefficient (Wildman–Crippen LogP) is 2.34. The Morgan fingerprint density at radius 2 is 2.08 bits per heavy atom. The highest BCUT2D eigenvalue weighted by molar-refractivity contribution is 7.89. The van der Waals surface area contributed by atoms with Gasteiger partial charge in [-0.3, -0.25) is 9.69 Å². The molecule has 0 bridgehead atoms. The third-order valence-corrected chi connectivity index (χ3v) is 5.88. The maximum atomic E-state index is 12.2. The van der Waals surface area contributed by atoms with Crippen molar-refractivity contribution in [2.24, 2.45) is 5.14 Å². The first-order valence-corrected chi connectivity index (χ1v) is 9.78. The second kappa shape index (κ2) is 7.43. The lowest BCUT2D eigenvalue weighted by atomic mass is 10.2. The van der Waals surface area contributed by atoms with Crippen LogP contribution >= 0.6 is 11.3 Å². The van der Waals surface area contributed by atoms with E-state index in [-0.39, 0.29) is 23.4 Å². The zero-order valence-electron chi connectivity index (χ0n) is 13.8. The summed E-state index contributed by atoms with van der Waals surface area (Å²) in [5.74, 6) is -0.217. The van der Waals surface area contributed by atoms with Crippen molar-refractivity contribution in [3.63, 3.8) is 0 Å². The van der Waals surface area contributed by atoms with Crippen molar-refractivity contribution in [1.29, 1.82) is 0 Å². The molecule has 0 saturated heterocycles. The van der Waals surface area contributed by atoms with Gasteiger partial charge in [0.1, 0.15) is 0 Å². The summed E-state index contributed by atoms with van der Waals surface area (Å²) in [5.41, 5.74) is 0.950. The van der Waals surface area contributed by atoms with Crippen LogP contribution in [0.2, 0.25) is 0 Å². The summed E-state index contributed by atoms with van der Waals surface area (Å²) in [4.78, 5) is 15.3. The summed E-state index contributed by atoms with van der Waals surface area (Å²) >= 11 is 1.64. The molecule has 0 spiro atoms. The Morgan fingerprint density at radius 3 is 2.67 bits per heavy atom. The lowest BCUT2D eigenvalue weighted by molar-refractivity contribution is -0.117. The molecule has 1 aromatic heterocycles. The zero-order valence-corrected chi connectivity index (χ0v) is 15.4. The lowest BCUT2D eigenvalue weighted by Gasteiger charge is -2.23. The molecule has 0 unspecified atom stereocenters. The smallest absolute Gasteiger partial charge is 0.238 e. The highest BCUT2D eigenvalue weighted by Crippen LogP contribution is 2.23. The molecular weight excluding hydrogens is 346 g/mol. The van der Waals surface area contributed by atoms with E-state index in [1.165, 1.54) is 10.9 Å². The molecule has 0 aliphatic heterocycles. The number of nitrogens with one attached hydrogen (secondary N) is 1. The Kier molecular flexibility index (Phi) is 5.76. The van der Waals surface area contributed by atoms with Crippen molar-refractivity contribution in [1.82, 2.24) is 4.90 Å². The van der Waals surface area contributed by atoms with Gasteiger partial charge >= 0.3 is 0 Å². The molecule has 0 saturated carbocycles. The number of hydrogen-bond acceptors (Lipinski definition) is 5. The van der Waals surface area contributed by atoms with E-state index >= 15 is 0 Å². The summed E-state index contributed by atoms with van der Waals surface area (Å²) in [6, 6.07) is 8.78. The Bertz CT molecular complexity index is 817. The van der Waals surface area contributed by atoms with Crippen molar-refractivity contribution in [3.05, 3.63) is 46.2 Å². The number of thiophene rings is 1. The van der Waals surface area contributed by atoms with Crippen LogP contribution in [-0.4, -0.2) is 32.8 Å². The van der Waals surface area contributed by atoms with Gasteiger partial charge < -0.3 is 5.32 Å². The zero-order chi connectivity index (χ0) is 17.9. The van der Waals surface area contributed by atoms with Crippen LogP contribution < -0.4 is 10.5 Å². The van der Waals surface area contributed by atoms with Gasteiger partial charge in [0.25, 0.3) is 0 Å². The van der Waals surface area contributed by atoms with Crippen molar-refractivity contribution < 1.29 is 13.2 Å². The Morgan fingerprint density at radius 1 is 1.38 bits per heavy atom. The molecule has 1 heterocycles. The molecule has 6 nitrogen and oxygen atoms in total. The molecule has 2 aromatic rings. The number of primary sulfonamides is 1. The van der Waals surface area contributed by atoms with Gasteiger partial charge in [0, 0.05) is 16.6 Å². The molecule has 24 heavy (non-hydrogen) atoms. The minimum atomic E-state index is -3.82. The first-order chi connectivity index (χ1) is 11.2. The van der Waals surface area contributed by atoms with Gasteiger partial charge in [0.2, 0.25) is 15.9 Å². The molecule has 1 amide bonds. The monoisotopic (exact) mass is 367 g/mol. The van der Waals surface area contributed by atoms with Crippen molar-refractivity contribution in [3.8, 4) is 0 Å². The van der Waals surface area contributed by atoms with E-state index in [9.17, 15) is 13.2 Å². The molecule has 0 aliphatic carbocycles. The Labute approximate surface area is 146 Å². The van der Waals surface area contributed by atoms with Crippen molar-refractivity contribution >= 4 is 33.0 Å². The van der Waals surface area contributed by atoms with Crippen molar-refractivity contribution in [2.75, 3.05) is 18.9 Å². The normalized spacial score (nSPS) is 13.0. The number of hydrogen-bond donors (Lipinski definition) is 2. The summed E-state index contributed by atoms with van der Waals surface area (Å²) in [5, 5.41) is 9.90. The Balaban J connectivity index is 2.05. The number of likely N-dealkylation sites (N-methyl/N-ethyl adjacent to an activating group) is 1. The van der Waals surface area contributed by atoms with E-state index < -0.39 is 10.0 Å². The van der Waals surface area contributed by atoms with E-state index in [1.807, 2.05) is 36.4 Å². The quantitative estimate of drug-likeness (QED) is 0.819. The second-order valence-corrected chi connectivity index (χ2v) is 8.19. The van der Waals surface area contributed by atoms with Gasteiger partial charge in [0.15, 0.2) is 0 Å². The maximum Gasteiger partial charge on any atom is 0.238 e. The molecule has 2 rings (SSSR count). The number of carbonyl (C=O) groups is 1. The van der Waals surface area contributed by atoms with Crippen molar-refractivity contribution in [2.45, 2.75) is 24.8 Å². The average molecular weight is 367 g/mol. The van der Waals surface area contributed by atoms with Crippen LogP contribution in [0.25, 0.3) is 0 Å². The van der Waals surface area contributed by atoms with Gasteiger partial charge in [0.05, 0.1) is 11.4 Å². The van der Waals surface area contributed by atoms with E-state index in [0.717, 1.165) is 0 Å². The van der Waals surface area contributed by atoms with Crippen LogP contribution in [0.5, 0.6) is 0 Å². The number of sulfonamides is 1. The molecule has 0 fully saturated rings. The fraction of sp³-hybridized carbons (Fsp3) is 0.312. The molecule has 0 aliphatic rings. The Hall–Kier alpha value is -1.74. The topological polar surface area (TPSA) is 92.5 Å². The highest BCUT2D eigenvalue weighted by atomic mass is 32.2. The molecule has 130 valence electrons. The number of anilines is 1. The van der Waals surface area contributed by atoms with Crippen LogP contribution in [0.15, 0.2) is 40.6 Å². The van der Waals surface area contributed by atoms with E-state index in [1.54, 1.807) is 30.4 Å².